The summed E-state index contributed by atoms with van der Waals surface area (Å²) in [7, 11) is 0. The van der Waals surface area contributed by atoms with Crippen LogP contribution >= 0.6 is 0 Å². The Kier molecular flexibility index (Phi) is 3.45. The molecule has 1 N–H and O–H groups in total. The quantitative estimate of drug-likeness (QED) is 0.925. The van der Waals surface area contributed by atoms with E-state index in [1.807, 2.05) is 0 Å². The van der Waals surface area contributed by atoms with E-state index in [0.29, 0.717) is 6.04 Å². The molecule has 0 spiro atoms. The van der Waals surface area contributed by atoms with Crippen molar-refractivity contribution >= 4 is 0 Å². The van der Waals surface area contributed by atoms with Crippen LogP contribution in [0.3, 0.4) is 0 Å². The van der Waals surface area contributed by atoms with Crippen molar-refractivity contribution in [1.82, 2.24) is 15.1 Å². The fourth-order valence-corrected chi connectivity index (χ4v) is 3.70. The summed E-state index contributed by atoms with van der Waals surface area (Å²) in [6.45, 7) is 14.0. The number of hydrogen-bond acceptors (Lipinski definition) is 3. The van der Waals surface area contributed by atoms with Gasteiger partial charge in [-0.2, -0.15) is 5.10 Å². The van der Waals surface area contributed by atoms with E-state index in [0.717, 1.165) is 24.7 Å². The Morgan fingerprint density at radius 3 is 2.43 bits per heavy atom. The van der Waals surface area contributed by atoms with Gasteiger partial charge in [-0.3, -0.25) is 4.68 Å². The largest absolute Gasteiger partial charge is 0.367 e. The minimum atomic E-state index is -0.173. The normalized spacial score (nSPS) is 27.2. The minimum Gasteiger partial charge on any atom is -0.367 e. The van der Waals surface area contributed by atoms with Gasteiger partial charge in [0.05, 0.1) is 22.9 Å². The molecule has 0 aromatic carbocycles. The van der Waals surface area contributed by atoms with Crippen molar-refractivity contribution in [1.29, 1.82) is 0 Å². The number of aryl methyl sites for hydroxylation is 1. The number of hydrogen-bond donors (Lipinski definition) is 1. The van der Waals surface area contributed by atoms with Crippen molar-refractivity contribution in [3.63, 3.8) is 0 Å². The first-order valence-corrected chi connectivity index (χ1v) is 8.18. The summed E-state index contributed by atoms with van der Waals surface area (Å²) in [5.41, 5.74) is 3.56. The van der Waals surface area contributed by atoms with Gasteiger partial charge in [-0.1, -0.05) is 0 Å². The van der Waals surface area contributed by atoms with Gasteiger partial charge in [-0.05, 0) is 54.4 Å². The highest BCUT2D eigenvalue weighted by Gasteiger charge is 2.47. The van der Waals surface area contributed by atoms with Crippen LogP contribution < -0.4 is 5.32 Å². The molecule has 2 aliphatic rings. The fraction of sp³-hybridized carbons (Fsp3) is 0.824. The van der Waals surface area contributed by atoms with E-state index in [-0.39, 0.29) is 11.2 Å². The first-order chi connectivity index (χ1) is 9.70. The van der Waals surface area contributed by atoms with E-state index >= 15 is 0 Å². The Labute approximate surface area is 128 Å². The molecule has 1 atom stereocenters. The first kappa shape index (κ1) is 15.0. The second-order valence-electron chi connectivity index (χ2n) is 7.93. The molecule has 2 heterocycles. The number of nitrogens with one attached hydrogen (secondary N) is 1. The van der Waals surface area contributed by atoms with Crippen LogP contribution in [0, 0.1) is 13.8 Å². The molecule has 21 heavy (non-hydrogen) atoms. The van der Waals surface area contributed by atoms with Gasteiger partial charge >= 0.3 is 0 Å². The van der Waals surface area contributed by atoms with Gasteiger partial charge < -0.3 is 10.1 Å². The predicted molar refractivity (Wildman–Crippen MR) is 84.5 cm³/mol. The molecule has 1 aromatic heterocycles. The first-order valence-electron chi connectivity index (χ1n) is 8.18. The molecule has 1 aromatic rings. The number of rotatable bonds is 4. The molecule has 1 saturated heterocycles. The van der Waals surface area contributed by atoms with Gasteiger partial charge in [-0.15, -0.1) is 0 Å². The van der Waals surface area contributed by atoms with Crippen LogP contribution in [0.4, 0.5) is 0 Å². The van der Waals surface area contributed by atoms with E-state index in [2.05, 4.69) is 51.5 Å². The monoisotopic (exact) mass is 291 g/mol. The van der Waals surface area contributed by atoms with E-state index in [9.17, 15) is 0 Å². The number of aromatic nitrogens is 2. The lowest BCUT2D eigenvalue weighted by atomic mass is 9.94. The molecule has 0 amide bonds. The molecule has 1 unspecified atom stereocenters. The summed E-state index contributed by atoms with van der Waals surface area (Å²) in [6, 6.07) is 1.04. The Morgan fingerprint density at radius 2 is 1.90 bits per heavy atom. The van der Waals surface area contributed by atoms with Crippen LogP contribution in [0.5, 0.6) is 0 Å². The molecule has 4 nitrogen and oxygen atoms in total. The number of nitrogens with zero attached hydrogens (tertiary/aromatic N) is 2. The van der Waals surface area contributed by atoms with E-state index < -0.39 is 0 Å². The summed E-state index contributed by atoms with van der Waals surface area (Å²) in [5, 5.41) is 8.46. The highest BCUT2D eigenvalue weighted by atomic mass is 16.5. The van der Waals surface area contributed by atoms with Crippen molar-refractivity contribution in [3.05, 3.63) is 17.0 Å². The second-order valence-corrected chi connectivity index (χ2v) is 7.93. The maximum Gasteiger partial charge on any atom is 0.0858 e. The van der Waals surface area contributed by atoms with E-state index in [4.69, 9.17) is 9.84 Å². The van der Waals surface area contributed by atoms with Crippen LogP contribution in [0.1, 0.15) is 70.0 Å². The third-order valence-electron chi connectivity index (χ3n) is 4.94. The summed E-state index contributed by atoms with van der Waals surface area (Å²) in [4.78, 5) is 0. The summed E-state index contributed by atoms with van der Waals surface area (Å²) in [6.07, 6.45) is 3.66. The van der Waals surface area contributed by atoms with Crippen molar-refractivity contribution < 1.29 is 4.74 Å². The molecule has 1 aliphatic heterocycles. The standard InChI is InChI=1S/C17H29N3O/c1-11-14(10-18-13-7-8-13)12(2)20(19-11)15-9-16(3,4)21-17(15,5)6/h13,15,18H,7-10H2,1-6H3. The van der Waals surface area contributed by atoms with Gasteiger partial charge in [0.25, 0.3) is 0 Å². The van der Waals surface area contributed by atoms with Crippen molar-refractivity contribution in [3.8, 4) is 0 Å². The van der Waals surface area contributed by atoms with Crippen LogP contribution in [0.2, 0.25) is 0 Å². The molecule has 1 aliphatic carbocycles. The lowest BCUT2D eigenvalue weighted by Gasteiger charge is -2.28. The van der Waals surface area contributed by atoms with Gasteiger partial charge in [-0.25, -0.2) is 0 Å². The van der Waals surface area contributed by atoms with Gasteiger partial charge in [0.15, 0.2) is 0 Å². The number of ether oxygens (including phenoxy) is 1. The van der Waals surface area contributed by atoms with Crippen molar-refractivity contribution in [2.45, 2.75) is 90.6 Å². The zero-order chi connectivity index (χ0) is 15.4. The van der Waals surface area contributed by atoms with Crippen LogP contribution in [-0.4, -0.2) is 27.0 Å². The molecule has 4 heteroatoms. The SMILES string of the molecule is Cc1nn(C2CC(C)(C)OC2(C)C)c(C)c1CNC1CC1. The molecular formula is C17H29N3O. The topological polar surface area (TPSA) is 39.1 Å². The Hall–Kier alpha value is -0.870. The maximum absolute atomic E-state index is 6.24. The Morgan fingerprint density at radius 1 is 1.24 bits per heavy atom. The minimum absolute atomic E-state index is 0.0765. The molecule has 3 rings (SSSR count). The highest BCUT2D eigenvalue weighted by Crippen LogP contribution is 2.45. The van der Waals surface area contributed by atoms with Crippen molar-refractivity contribution in [2.24, 2.45) is 0 Å². The summed E-state index contributed by atoms with van der Waals surface area (Å²) in [5.74, 6) is 0. The molecule has 118 valence electrons. The Bertz CT molecular complexity index is 540. The molecule has 2 fully saturated rings. The van der Waals surface area contributed by atoms with Gasteiger partial charge in [0.2, 0.25) is 0 Å². The zero-order valence-corrected chi connectivity index (χ0v) is 14.3. The fourth-order valence-electron chi connectivity index (χ4n) is 3.70. The molecular weight excluding hydrogens is 262 g/mol. The molecule has 0 bridgehead atoms. The maximum atomic E-state index is 6.24. The zero-order valence-electron chi connectivity index (χ0n) is 14.3. The lowest BCUT2D eigenvalue weighted by molar-refractivity contribution is -0.0739. The van der Waals surface area contributed by atoms with Crippen LogP contribution in [0.15, 0.2) is 0 Å². The predicted octanol–water partition coefficient (Wildman–Crippen LogP) is 3.27. The lowest BCUT2D eigenvalue weighted by Crippen LogP contribution is -2.32. The summed E-state index contributed by atoms with van der Waals surface area (Å²) < 4.78 is 8.46. The second kappa shape index (κ2) is 4.82. The third kappa shape index (κ3) is 2.88. The average Bonchev–Trinajstić information content (AvgIpc) is 3.07. The average molecular weight is 291 g/mol. The van der Waals surface area contributed by atoms with E-state index in [1.54, 1.807) is 0 Å². The van der Waals surface area contributed by atoms with Gasteiger partial charge in [0, 0.05) is 30.3 Å². The molecule has 0 radical (unpaired) electrons. The van der Waals surface area contributed by atoms with Gasteiger partial charge in [0.1, 0.15) is 0 Å². The van der Waals surface area contributed by atoms with E-state index in [1.165, 1.54) is 24.1 Å². The summed E-state index contributed by atoms with van der Waals surface area (Å²) >= 11 is 0. The van der Waals surface area contributed by atoms with Crippen molar-refractivity contribution in [2.75, 3.05) is 0 Å². The van der Waals surface area contributed by atoms with Crippen LogP contribution in [-0.2, 0) is 11.3 Å². The van der Waals surface area contributed by atoms with Crippen LogP contribution in [0.25, 0.3) is 0 Å². The Balaban J connectivity index is 1.86. The highest BCUT2D eigenvalue weighted by molar-refractivity contribution is 5.26. The smallest absolute Gasteiger partial charge is 0.0858 e. The molecule has 1 saturated carbocycles. The third-order valence-corrected chi connectivity index (χ3v) is 4.94.